The number of aromatic nitrogens is 1. The molecule has 1 atom stereocenters. The summed E-state index contributed by atoms with van der Waals surface area (Å²) in [5.41, 5.74) is 0.600. The average molecular weight is 347 g/mol. The first-order valence-electron chi connectivity index (χ1n) is 9.24. The molecular formula is C19H29N3O3. The van der Waals surface area contributed by atoms with Crippen molar-refractivity contribution >= 4 is 6.03 Å². The van der Waals surface area contributed by atoms with Crippen LogP contribution >= 0.6 is 0 Å². The summed E-state index contributed by atoms with van der Waals surface area (Å²) in [6.45, 7) is 7.63. The fourth-order valence-electron chi connectivity index (χ4n) is 3.72. The Hall–Kier alpha value is -1.82. The van der Waals surface area contributed by atoms with Gasteiger partial charge in [0, 0.05) is 24.8 Å². The van der Waals surface area contributed by atoms with Gasteiger partial charge in [0.1, 0.15) is 6.10 Å². The average Bonchev–Trinajstić information content (AvgIpc) is 3.05. The lowest BCUT2D eigenvalue weighted by Gasteiger charge is -2.41. The lowest BCUT2D eigenvalue weighted by atomic mass is 10.1. The molecule has 2 fully saturated rings. The molecule has 3 rings (SSSR count). The third-order valence-corrected chi connectivity index (χ3v) is 4.72. The van der Waals surface area contributed by atoms with Gasteiger partial charge in [0.2, 0.25) is 5.88 Å². The molecule has 1 N–H and O–H groups in total. The minimum Gasteiger partial charge on any atom is -0.474 e. The summed E-state index contributed by atoms with van der Waals surface area (Å²) in [4.78, 5) is 18.7. The van der Waals surface area contributed by atoms with E-state index in [1.807, 2.05) is 37.8 Å². The zero-order valence-corrected chi connectivity index (χ0v) is 15.5. The second-order valence-corrected chi connectivity index (χ2v) is 7.72. The molecule has 2 heterocycles. The highest BCUT2D eigenvalue weighted by molar-refractivity contribution is 5.74. The van der Waals surface area contributed by atoms with Crippen molar-refractivity contribution in [3.63, 3.8) is 0 Å². The maximum Gasteiger partial charge on any atom is 0.317 e. The Morgan fingerprint density at radius 2 is 2.20 bits per heavy atom. The van der Waals surface area contributed by atoms with Crippen LogP contribution in [-0.4, -0.2) is 46.8 Å². The zero-order chi connectivity index (χ0) is 17.9. The highest BCUT2D eigenvalue weighted by Gasteiger charge is 2.33. The first kappa shape index (κ1) is 18.0. The minimum atomic E-state index is -0.319. The van der Waals surface area contributed by atoms with E-state index in [9.17, 15) is 4.79 Å². The predicted molar refractivity (Wildman–Crippen MR) is 95.6 cm³/mol. The number of urea groups is 1. The van der Waals surface area contributed by atoms with Crippen molar-refractivity contribution in [2.75, 3.05) is 13.1 Å². The van der Waals surface area contributed by atoms with E-state index in [1.165, 1.54) is 12.8 Å². The van der Waals surface area contributed by atoms with Crippen LogP contribution in [0.2, 0.25) is 0 Å². The molecule has 1 aromatic heterocycles. The highest BCUT2D eigenvalue weighted by atomic mass is 16.5. The maximum atomic E-state index is 12.6. The summed E-state index contributed by atoms with van der Waals surface area (Å²) in [6, 6.07) is 3.77. The Balaban J connectivity index is 1.58. The Labute approximate surface area is 149 Å². The molecule has 1 aliphatic carbocycles. The standard InChI is InChI=1S/C19H29N3O3/c1-14-12-22(13-19(2,3)25-14)18(23)21-11-15-7-6-10-20-17(15)24-16-8-4-5-9-16/h6-7,10,14,16H,4-5,8-9,11-13H2,1-3H3,(H,21,23)/t14-/m0/s1. The monoisotopic (exact) mass is 347 g/mol. The van der Waals surface area contributed by atoms with Crippen LogP contribution in [0.15, 0.2) is 18.3 Å². The second kappa shape index (κ2) is 7.60. The van der Waals surface area contributed by atoms with Gasteiger partial charge in [-0.2, -0.15) is 0 Å². The van der Waals surface area contributed by atoms with Crippen LogP contribution in [0.25, 0.3) is 0 Å². The SMILES string of the molecule is C[C@H]1CN(C(=O)NCc2cccnc2OC2CCCC2)CC(C)(C)O1. The van der Waals surface area contributed by atoms with Gasteiger partial charge in [-0.15, -0.1) is 0 Å². The van der Waals surface area contributed by atoms with Gasteiger partial charge in [0.25, 0.3) is 0 Å². The van der Waals surface area contributed by atoms with E-state index in [4.69, 9.17) is 9.47 Å². The number of rotatable bonds is 4. The summed E-state index contributed by atoms with van der Waals surface area (Å²) in [5, 5.41) is 3.00. The fraction of sp³-hybridized carbons (Fsp3) is 0.684. The van der Waals surface area contributed by atoms with E-state index < -0.39 is 0 Å². The van der Waals surface area contributed by atoms with E-state index >= 15 is 0 Å². The number of morpholine rings is 1. The molecule has 2 amide bonds. The molecule has 0 spiro atoms. The maximum absolute atomic E-state index is 12.6. The van der Waals surface area contributed by atoms with Gasteiger partial charge in [-0.25, -0.2) is 9.78 Å². The number of nitrogens with zero attached hydrogens (tertiary/aromatic N) is 2. The molecule has 6 nitrogen and oxygen atoms in total. The number of hydrogen-bond acceptors (Lipinski definition) is 4. The zero-order valence-electron chi connectivity index (χ0n) is 15.5. The van der Waals surface area contributed by atoms with Crippen molar-refractivity contribution in [3.05, 3.63) is 23.9 Å². The van der Waals surface area contributed by atoms with E-state index in [0.29, 0.717) is 25.5 Å². The number of nitrogens with one attached hydrogen (secondary N) is 1. The highest BCUT2D eigenvalue weighted by Crippen LogP contribution is 2.25. The van der Waals surface area contributed by atoms with Crippen LogP contribution in [0.3, 0.4) is 0 Å². The van der Waals surface area contributed by atoms with E-state index in [2.05, 4.69) is 10.3 Å². The largest absolute Gasteiger partial charge is 0.474 e. The third-order valence-electron chi connectivity index (χ3n) is 4.72. The van der Waals surface area contributed by atoms with Gasteiger partial charge >= 0.3 is 6.03 Å². The van der Waals surface area contributed by atoms with Crippen LogP contribution in [0, 0.1) is 0 Å². The van der Waals surface area contributed by atoms with Crippen molar-refractivity contribution in [3.8, 4) is 5.88 Å². The molecule has 0 aromatic carbocycles. The predicted octanol–water partition coefficient (Wildman–Crippen LogP) is 3.11. The van der Waals surface area contributed by atoms with Crippen molar-refractivity contribution in [2.45, 2.75) is 70.8 Å². The summed E-state index contributed by atoms with van der Waals surface area (Å²) in [7, 11) is 0. The molecule has 1 saturated carbocycles. The molecule has 25 heavy (non-hydrogen) atoms. The van der Waals surface area contributed by atoms with E-state index in [-0.39, 0.29) is 23.8 Å². The first-order chi connectivity index (χ1) is 11.9. The lowest BCUT2D eigenvalue weighted by Crippen LogP contribution is -2.56. The van der Waals surface area contributed by atoms with Gasteiger partial charge < -0.3 is 19.7 Å². The topological polar surface area (TPSA) is 63.7 Å². The lowest BCUT2D eigenvalue weighted by molar-refractivity contribution is -0.117. The van der Waals surface area contributed by atoms with Gasteiger partial charge in [0.05, 0.1) is 18.2 Å². The molecular weight excluding hydrogens is 318 g/mol. The third kappa shape index (κ3) is 4.84. The fourth-order valence-corrected chi connectivity index (χ4v) is 3.72. The van der Waals surface area contributed by atoms with Crippen LogP contribution in [0.4, 0.5) is 4.79 Å². The molecule has 0 bridgehead atoms. The van der Waals surface area contributed by atoms with Crippen molar-refractivity contribution in [1.82, 2.24) is 15.2 Å². The summed E-state index contributed by atoms with van der Waals surface area (Å²) in [5.74, 6) is 0.644. The van der Waals surface area contributed by atoms with Crippen molar-refractivity contribution < 1.29 is 14.3 Å². The first-order valence-corrected chi connectivity index (χ1v) is 9.24. The van der Waals surface area contributed by atoms with Gasteiger partial charge in [-0.1, -0.05) is 6.07 Å². The molecule has 0 unspecified atom stereocenters. The quantitative estimate of drug-likeness (QED) is 0.909. The number of pyridine rings is 1. The molecule has 1 saturated heterocycles. The van der Waals surface area contributed by atoms with Gasteiger partial charge in [-0.05, 0) is 52.5 Å². The summed E-state index contributed by atoms with van der Waals surface area (Å²) < 4.78 is 11.9. The molecule has 6 heteroatoms. The number of amides is 2. The van der Waals surface area contributed by atoms with Gasteiger partial charge in [-0.3, -0.25) is 0 Å². The second-order valence-electron chi connectivity index (χ2n) is 7.72. The Kier molecular flexibility index (Phi) is 5.47. The number of carbonyl (C=O) groups excluding carboxylic acids is 1. The van der Waals surface area contributed by atoms with Crippen LogP contribution in [-0.2, 0) is 11.3 Å². The summed E-state index contributed by atoms with van der Waals surface area (Å²) >= 11 is 0. The van der Waals surface area contributed by atoms with Crippen molar-refractivity contribution in [1.29, 1.82) is 0 Å². The van der Waals surface area contributed by atoms with Crippen molar-refractivity contribution in [2.24, 2.45) is 0 Å². The minimum absolute atomic E-state index is 0.0363. The normalized spacial score (nSPS) is 23.5. The van der Waals surface area contributed by atoms with Crippen LogP contribution < -0.4 is 10.1 Å². The number of carbonyl (C=O) groups is 1. The van der Waals surface area contributed by atoms with Crippen LogP contribution in [0.1, 0.15) is 52.0 Å². The number of ether oxygens (including phenoxy) is 2. The molecule has 1 aromatic rings. The Morgan fingerprint density at radius 3 is 2.92 bits per heavy atom. The van der Waals surface area contributed by atoms with E-state index in [1.54, 1.807) is 6.20 Å². The number of hydrogen-bond donors (Lipinski definition) is 1. The Morgan fingerprint density at radius 1 is 1.44 bits per heavy atom. The molecule has 138 valence electrons. The molecule has 0 radical (unpaired) electrons. The van der Waals surface area contributed by atoms with Gasteiger partial charge in [0.15, 0.2) is 0 Å². The summed E-state index contributed by atoms with van der Waals surface area (Å²) in [6.07, 6.45) is 6.64. The molecule has 1 aliphatic heterocycles. The Bertz CT molecular complexity index is 599. The smallest absolute Gasteiger partial charge is 0.317 e. The molecule has 2 aliphatic rings. The van der Waals surface area contributed by atoms with E-state index in [0.717, 1.165) is 18.4 Å². The van der Waals surface area contributed by atoms with Crippen LogP contribution in [0.5, 0.6) is 5.88 Å².